The highest BCUT2D eigenvalue weighted by Gasteiger charge is 2.49. The van der Waals surface area contributed by atoms with Gasteiger partial charge in [0.1, 0.15) is 5.75 Å². The highest BCUT2D eigenvalue weighted by Crippen LogP contribution is 2.33. The molecule has 0 radical (unpaired) electrons. The van der Waals surface area contributed by atoms with Gasteiger partial charge in [0.25, 0.3) is 0 Å². The minimum absolute atomic E-state index is 0.0502. The van der Waals surface area contributed by atoms with Gasteiger partial charge in [0, 0.05) is 17.3 Å². The zero-order valence-corrected chi connectivity index (χ0v) is 13.0. The second kappa shape index (κ2) is 6.34. The van der Waals surface area contributed by atoms with Crippen molar-refractivity contribution in [2.24, 2.45) is 0 Å². The monoisotopic (exact) mass is 353 g/mol. The average molecular weight is 353 g/mol. The van der Waals surface area contributed by atoms with Crippen LogP contribution in [0.15, 0.2) is 6.07 Å². The number of pyridine rings is 1. The Balaban J connectivity index is 2.49. The van der Waals surface area contributed by atoms with Crippen LogP contribution in [0.3, 0.4) is 0 Å². The minimum Gasteiger partial charge on any atom is -0.461 e. The van der Waals surface area contributed by atoms with Gasteiger partial charge in [-0.05, 0) is 32.6 Å². The van der Waals surface area contributed by atoms with E-state index >= 15 is 0 Å². The van der Waals surface area contributed by atoms with Gasteiger partial charge in [0.2, 0.25) is 0 Å². The van der Waals surface area contributed by atoms with E-state index in [-0.39, 0.29) is 17.9 Å². The Morgan fingerprint density at radius 1 is 1.30 bits per heavy atom. The Bertz CT molecular complexity index is 715. The molecule has 0 spiro atoms. The maximum Gasteiger partial charge on any atom is 0.534 e. The molecule has 1 aliphatic carbocycles. The summed E-state index contributed by atoms with van der Waals surface area (Å²) in [5.41, 5.74) is -5.20. The third kappa shape index (κ3) is 3.74. The minimum atomic E-state index is -5.82. The third-order valence-corrected chi connectivity index (χ3v) is 4.19. The number of carbonyl (C=O) groups excluding carboxylic acids is 1. The van der Waals surface area contributed by atoms with Gasteiger partial charge in [0.05, 0.1) is 6.61 Å². The molecule has 128 valence electrons. The van der Waals surface area contributed by atoms with Crippen molar-refractivity contribution in [2.75, 3.05) is 6.61 Å². The molecule has 1 aliphatic rings. The highest BCUT2D eigenvalue weighted by atomic mass is 32.2. The largest absolute Gasteiger partial charge is 0.534 e. The summed E-state index contributed by atoms with van der Waals surface area (Å²) in [5, 5.41) is 0. The van der Waals surface area contributed by atoms with Gasteiger partial charge >= 0.3 is 21.6 Å². The van der Waals surface area contributed by atoms with E-state index in [1.807, 2.05) is 0 Å². The first-order valence-electron chi connectivity index (χ1n) is 6.86. The lowest BCUT2D eigenvalue weighted by molar-refractivity contribution is -0.0500. The first kappa shape index (κ1) is 17.5. The molecule has 0 saturated heterocycles. The van der Waals surface area contributed by atoms with E-state index in [0.717, 1.165) is 12.5 Å². The summed E-state index contributed by atoms with van der Waals surface area (Å²) < 4.78 is 69.0. The number of aromatic nitrogens is 1. The molecular formula is C13H14F3NO5S. The Morgan fingerprint density at radius 3 is 2.57 bits per heavy atom. The highest BCUT2D eigenvalue weighted by molar-refractivity contribution is 7.88. The SMILES string of the molecule is CCOC(=O)c1cc(OS(=O)(=O)C(F)(F)F)c2c(n1)CCCC2. The summed E-state index contributed by atoms with van der Waals surface area (Å²) in [5.74, 6) is -1.37. The number of nitrogens with zero attached hydrogens (tertiary/aromatic N) is 1. The molecule has 0 saturated carbocycles. The molecule has 1 aromatic heterocycles. The first-order chi connectivity index (χ1) is 10.7. The maximum atomic E-state index is 12.5. The van der Waals surface area contributed by atoms with Crippen LogP contribution in [0.1, 0.15) is 41.5 Å². The fourth-order valence-corrected chi connectivity index (χ4v) is 2.70. The number of rotatable bonds is 4. The van der Waals surface area contributed by atoms with Crippen molar-refractivity contribution in [3.05, 3.63) is 23.0 Å². The number of aryl methyl sites for hydroxylation is 1. The zero-order valence-electron chi connectivity index (χ0n) is 12.1. The fraction of sp³-hybridized carbons (Fsp3) is 0.538. The summed E-state index contributed by atoms with van der Waals surface area (Å²) in [6.45, 7) is 1.61. The van der Waals surface area contributed by atoms with Crippen LogP contribution in [0.25, 0.3) is 0 Å². The number of alkyl halides is 3. The fourth-order valence-electron chi connectivity index (χ4n) is 2.22. The zero-order chi connectivity index (χ0) is 17.3. The van der Waals surface area contributed by atoms with Gasteiger partial charge < -0.3 is 8.92 Å². The topological polar surface area (TPSA) is 82.6 Å². The van der Waals surface area contributed by atoms with E-state index in [1.54, 1.807) is 6.92 Å². The molecule has 1 aromatic rings. The van der Waals surface area contributed by atoms with Crippen LogP contribution in [0.2, 0.25) is 0 Å². The first-order valence-corrected chi connectivity index (χ1v) is 8.27. The lowest BCUT2D eigenvalue weighted by Gasteiger charge is -2.20. The summed E-state index contributed by atoms with van der Waals surface area (Å²) in [7, 11) is -5.82. The molecular weight excluding hydrogens is 339 g/mol. The van der Waals surface area contributed by atoms with Crippen LogP contribution in [-0.2, 0) is 27.7 Å². The Labute approximate surface area is 130 Å². The molecule has 2 rings (SSSR count). The van der Waals surface area contributed by atoms with Gasteiger partial charge in [-0.15, -0.1) is 0 Å². The molecule has 10 heteroatoms. The van der Waals surface area contributed by atoms with Crippen molar-refractivity contribution < 1.29 is 35.3 Å². The van der Waals surface area contributed by atoms with E-state index in [0.29, 0.717) is 25.0 Å². The van der Waals surface area contributed by atoms with E-state index in [1.165, 1.54) is 0 Å². The predicted octanol–water partition coefficient (Wildman–Crippen LogP) is 2.37. The Morgan fingerprint density at radius 2 is 1.96 bits per heavy atom. The Kier molecular flexibility index (Phi) is 4.83. The molecule has 0 aliphatic heterocycles. The van der Waals surface area contributed by atoms with Crippen molar-refractivity contribution in [3.8, 4) is 5.75 Å². The van der Waals surface area contributed by atoms with Gasteiger partial charge in [-0.25, -0.2) is 9.78 Å². The van der Waals surface area contributed by atoms with Crippen LogP contribution < -0.4 is 4.18 Å². The normalized spacial score (nSPS) is 15.0. The number of ether oxygens (including phenoxy) is 1. The van der Waals surface area contributed by atoms with Gasteiger partial charge in [-0.3, -0.25) is 0 Å². The van der Waals surface area contributed by atoms with Crippen molar-refractivity contribution >= 4 is 16.1 Å². The summed E-state index contributed by atoms with van der Waals surface area (Å²) >= 11 is 0. The lowest BCUT2D eigenvalue weighted by Crippen LogP contribution is -2.29. The van der Waals surface area contributed by atoms with Crippen LogP contribution in [0, 0.1) is 0 Å². The number of hydrogen-bond donors (Lipinski definition) is 0. The summed E-state index contributed by atoms with van der Waals surface area (Å²) in [6, 6.07) is 0.880. The van der Waals surface area contributed by atoms with Crippen LogP contribution in [-0.4, -0.2) is 31.5 Å². The smallest absolute Gasteiger partial charge is 0.461 e. The van der Waals surface area contributed by atoms with Gasteiger partial charge in [0.15, 0.2) is 5.69 Å². The van der Waals surface area contributed by atoms with Gasteiger partial charge in [-0.1, -0.05) is 0 Å². The molecule has 1 heterocycles. The van der Waals surface area contributed by atoms with Crippen molar-refractivity contribution in [3.63, 3.8) is 0 Å². The molecule has 0 aromatic carbocycles. The molecule has 0 bridgehead atoms. The van der Waals surface area contributed by atoms with Gasteiger partial charge in [-0.2, -0.15) is 21.6 Å². The predicted molar refractivity (Wildman–Crippen MR) is 72.4 cm³/mol. The van der Waals surface area contributed by atoms with Crippen molar-refractivity contribution in [1.29, 1.82) is 0 Å². The van der Waals surface area contributed by atoms with Crippen LogP contribution in [0.4, 0.5) is 13.2 Å². The summed E-state index contributed by atoms with van der Waals surface area (Å²) in [4.78, 5) is 15.8. The second-order valence-electron chi connectivity index (χ2n) is 4.84. The van der Waals surface area contributed by atoms with Crippen LogP contribution in [0.5, 0.6) is 5.75 Å². The van der Waals surface area contributed by atoms with E-state index in [9.17, 15) is 26.4 Å². The number of fused-ring (bicyclic) bond motifs is 1. The molecule has 0 atom stereocenters. The van der Waals surface area contributed by atoms with Crippen molar-refractivity contribution in [1.82, 2.24) is 4.98 Å². The number of esters is 1. The number of hydrogen-bond acceptors (Lipinski definition) is 6. The number of halogens is 3. The van der Waals surface area contributed by atoms with E-state index in [4.69, 9.17) is 4.74 Å². The van der Waals surface area contributed by atoms with E-state index < -0.39 is 27.3 Å². The third-order valence-electron chi connectivity index (χ3n) is 3.23. The molecule has 0 amide bonds. The standard InChI is InChI=1S/C13H14F3NO5S/c1-2-21-12(18)10-7-11(22-23(19,20)13(14,15)16)8-5-3-4-6-9(8)17-10/h7H,2-6H2,1H3. The van der Waals surface area contributed by atoms with Crippen LogP contribution >= 0.6 is 0 Å². The number of carbonyl (C=O) groups is 1. The molecule has 6 nitrogen and oxygen atoms in total. The molecule has 0 fully saturated rings. The summed E-state index contributed by atoms with van der Waals surface area (Å²) in [6.07, 6.45) is 2.15. The average Bonchev–Trinajstić information content (AvgIpc) is 2.46. The van der Waals surface area contributed by atoms with E-state index in [2.05, 4.69) is 9.17 Å². The van der Waals surface area contributed by atoms with Crippen molar-refractivity contribution in [2.45, 2.75) is 38.1 Å². The maximum absolute atomic E-state index is 12.5. The Hall–Kier alpha value is -1.84. The quantitative estimate of drug-likeness (QED) is 0.469. The molecule has 0 N–H and O–H groups in total. The lowest BCUT2D eigenvalue weighted by atomic mass is 9.95. The second-order valence-corrected chi connectivity index (χ2v) is 6.38. The molecule has 23 heavy (non-hydrogen) atoms. The molecule has 0 unspecified atom stereocenters.